The molecule has 7 nitrogen and oxygen atoms in total. The van der Waals surface area contributed by atoms with E-state index in [9.17, 15) is 4.79 Å². The maximum Gasteiger partial charge on any atom is 0.260 e. The van der Waals surface area contributed by atoms with Crippen molar-refractivity contribution in [3.05, 3.63) is 65.7 Å². The topological polar surface area (TPSA) is 69.5 Å². The van der Waals surface area contributed by atoms with E-state index >= 15 is 0 Å². The monoisotopic (exact) mass is 450 g/mol. The number of rotatable bonds is 8. The Morgan fingerprint density at radius 2 is 1.94 bits per heavy atom. The van der Waals surface area contributed by atoms with Crippen LogP contribution in [0.3, 0.4) is 0 Å². The Hall–Kier alpha value is -3.39. The average molecular weight is 451 g/mol. The number of amides is 1. The number of hydrogen-bond acceptors (Lipinski definition) is 6. The summed E-state index contributed by atoms with van der Waals surface area (Å²) in [6.45, 7) is 5.43. The Balaban J connectivity index is 1.68. The lowest BCUT2D eigenvalue weighted by Gasteiger charge is -2.20. The van der Waals surface area contributed by atoms with Gasteiger partial charge in [0.15, 0.2) is 16.6 Å². The highest BCUT2D eigenvalue weighted by atomic mass is 32.1. The van der Waals surface area contributed by atoms with Gasteiger partial charge in [0.05, 0.1) is 30.8 Å². The number of fused-ring (bicyclic) bond motifs is 1. The highest BCUT2D eigenvalue weighted by Crippen LogP contribution is 2.34. The third-order valence-electron chi connectivity index (χ3n) is 5.27. The maximum atomic E-state index is 13.6. The quantitative estimate of drug-likeness (QED) is 0.383. The molecule has 0 N–H and O–H groups in total. The Bertz CT molecular complexity index is 1230. The van der Waals surface area contributed by atoms with E-state index in [2.05, 4.69) is 31.0 Å². The molecule has 0 aliphatic carbocycles. The van der Waals surface area contributed by atoms with Crippen LogP contribution >= 0.6 is 11.3 Å². The molecule has 0 fully saturated rings. The molecule has 2 aromatic carbocycles. The van der Waals surface area contributed by atoms with E-state index < -0.39 is 0 Å². The van der Waals surface area contributed by atoms with Crippen molar-refractivity contribution in [1.82, 2.24) is 14.5 Å². The Morgan fingerprint density at radius 1 is 1.12 bits per heavy atom. The van der Waals surface area contributed by atoms with Crippen LogP contribution in [-0.2, 0) is 6.54 Å². The molecule has 32 heavy (non-hydrogen) atoms. The Labute approximate surface area is 191 Å². The molecule has 0 aliphatic rings. The standard InChI is InChI=1S/C24H26N4O3S/c1-16-12-17(2)22-19(13-16)26-24(32-22)28(10-5-9-27-11-8-25-15-27)23(29)18-6-7-20(30-3)21(14-18)31-4/h6-8,11-15H,5,9-10H2,1-4H3. The number of hydrogen-bond donors (Lipinski definition) is 0. The van der Waals surface area contributed by atoms with Gasteiger partial charge in [-0.25, -0.2) is 9.97 Å². The predicted octanol–water partition coefficient (Wildman–Crippen LogP) is 4.86. The van der Waals surface area contributed by atoms with Crippen LogP contribution in [0.25, 0.3) is 10.2 Å². The summed E-state index contributed by atoms with van der Waals surface area (Å²) in [5.74, 6) is 0.985. The first-order chi connectivity index (χ1) is 15.5. The molecular formula is C24H26N4O3S. The number of carbonyl (C=O) groups excluding carboxylic acids is 1. The third kappa shape index (κ3) is 4.45. The zero-order valence-electron chi connectivity index (χ0n) is 18.7. The van der Waals surface area contributed by atoms with Crippen LogP contribution in [0.1, 0.15) is 27.9 Å². The molecule has 0 unspecified atom stereocenters. The van der Waals surface area contributed by atoms with Gasteiger partial charge in [-0.1, -0.05) is 17.4 Å². The number of imidazole rings is 1. The van der Waals surface area contributed by atoms with E-state index in [4.69, 9.17) is 14.5 Å². The van der Waals surface area contributed by atoms with Crippen molar-refractivity contribution < 1.29 is 14.3 Å². The number of methoxy groups -OCH3 is 2. The third-order valence-corrected chi connectivity index (χ3v) is 6.50. The van der Waals surface area contributed by atoms with Crippen LogP contribution in [0.5, 0.6) is 11.5 Å². The Kier molecular flexibility index (Phi) is 6.41. The van der Waals surface area contributed by atoms with Gasteiger partial charge < -0.3 is 14.0 Å². The van der Waals surface area contributed by atoms with Gasteiger partial charge in [0, 0.05) is 31.0 Å². The number of thiazole rings is 1. The van der Waals surface area contributed by atoms with E-state index in [-0.39, 0.29) is 5.91 Å². The fraction of sp³-hybridized carbons (Fsp3) is 0.292. The summed E-state index contributed by atoms with van der Waals surface area (Å²) in [4.78, 5) is 24.3. The SMILES string of the molecule is COc1ccc(C(=O)N(CCCn2ccnc2)c2nc3cc(C)cc(C)c3s2)cc1OC. The second kappa shape index (κ2) is 9.40. The molecule has 0 bridgehead atoms. The number of nitrogens with zero attached hydrogens (tertiary/aromatic N) is 4. The minimum absolute atomic E-state index is 0.120. The molecule has 0 spiro atoms. The van der Waals surface area contributed by atoms with Gasteiger partial charge in [-0.05, 0) is 55.7 Å². The van der Waals surface area contributed by atoms with Crippen molar-refractivity contribution in [1.29, 1.82) is 0 Å². The van der Waals surface area contributed by atoms with Crippen molar-refractivity contribution >= 4 is 32.6 Å². The minimum atomic E-state index is -0.120. The van der Waals surface area contributed by atoms with Crippen molar-refractivity contribution in [3.8, 4) is 11.5 Å². The van der Waals surface area contributed by atoms with E-state index in [1.165, 1.54) is 5.56 Å². The second-order valence-corrected chi connectivity index (χ2v) is 8.58. The first-order valence-electron chi connectivity index (χ1n) is 10.4. The molecule has 166 valence electrons. The summed E-state index contributed by atoms with van der Waals surface area (Å²) in [5, 5.41) is 0.694. The molecule has 2 aromatic heterocycles. The molecule has 0 saturated heterocycles. The van der Waals surface area contributed by atoms with Crippen molar-refractivity contribution in [2.24, 2.45) is 0 Å². The van der Waals surface area contributed by atoms with Crippen LogP contribution in [0, 0.1) is 13.8 Å². The summed E-state index contributed by atoms with van der Waals surface area (Å²) in [6.07, 6.45) is 6.23. The van der Waals surface area contributed by atoms with E-state index in [1.54, 1.807) is 61.2 Å². The van der Waals surface area contributed by atoms with Gasteiger partial charge in [-0.2, -0.15) is 0 Å². The molecule has 0 radical (unpaired) electrons. The number of aryl methyl sites for hydroxylation is 3. The molecule has 4 rings (SSSR count). The first kappa shape index (κ1) is 21.8. The number of anilines is 1. The van der Waals surface area contributed by atoms with Crippen molar-refractivity contribution in [2.45, 2.75) is 26.8 Å². The van der Waals surface area contributed by atoms with Gasteiger partial charge in [-0.15, -0.1) is 0 Å². The fourth-order valence-electron chi connectivity index (χ4n) is 3.72. The molecule has 0 saturated carbocycles. The summed E-state index contributed by atoms with van der Waals surface area (Å²) < 4.78 is 13.8. The van der Waals surface area contributed by atoms with Gasteiger partial charge >= 0.3 is 0 Å². The lowest BCUT2D eigenvalue weighted by molar-refractivity contribution is 0.0986. The first-order valence-corrected chi connectivity index (χ1v) is 11.2. The van der Waals surface area contributed by atoms with Gasteiger partial charge in [0.25, 0.3) is 5.91 Å². The van der Waals surface area contributed by atoms with Crippen molar-refractivity contribution in [2.75, 3.05) is 25.7 Å². The molecule has 1 amide bonds. The zero-order valence-corrected chi connectivity index (χ0v) is 19.5. The highest BCUT2D eigenvalue weighted by molar-refractivity contribution is 7.22. The lowest BCUT2D eigenvalue weighted by atomic mass is 10.1. The smallest absolute Gasteiger partial charge is 0.260 e. The summed E-state index contributed by atoms with van der Waals surface area (Å²) in [5.41, 5.74) is 3.77. The van der Waals surface area contributed by atoms with Gasteiger partial charge in [0.2, 0.25) is 0 Å². The molecule has 0 atom stereocenters. The van der Waals surface area contributed by atoms with Crippen LogP contribution < -0.4 is 14.4 Å². The van der Waals surface area contributed by atoms with E-state index in [0.29, 0.717) is 28.7 Å². The molecular weight excluding hydrogens is 424 g/mol. The average Bonchev–Trinajstić information content (AvgIpc) is 3.45. The van der Waals surface area contributed by atoms with Crippen LogP contribution in [0.4, 0.5) is 5.13 Å². The van der Waals surface area contributed by atoms with E-state index in [1.807, 2.05) is 10.8 Å². The predicted molar refractivity (Wildman–Crippen MR) is 127 cm³/mol. The number of carbonyl (C=O) groups is 1. The molecule has 2 heterocycles. The Morgan fingerprint density at radius 3 is 2.66 bits per heavy atom. The molecule has 8 heteroatoms. The van der Waals surface area contributed by atoms with Crippen LogP contribution in [0.2, 0.25) is 0 Å². The van der Waals surface area contributed by atoms with Crippen LogP contribution in [0.15, 0.2) is 49.1 Å². The number of aromatic nitrogens is 3. The van der Waals surface area contributed by atoms with Gasteiger partial charge in [-0.3, -0.25) is 9.69 Å². The summed E-state index contributed by atoms with van der Waals surface area (Å²) in [7, 11) is 3.14. The number of benzene rings is 2. The normalized spacial score (nSPS) is 11.0. The van der Waals surface area contributed by atoms with Crippen LogP contribution in [-0.4, -0.2) is 41.2 Å². The number of ether oxygens (including phenoxy) is 2. The molecule has 0 aliphatic heterocycles. The lowest BCUT2D eigenvalue weighted by Crippen LogP contribution is -2.32. The minimum Gasteiger partial charge on any atom is -0.493 e. The molecule has 4 aromatic rings. The van der Waals surface area contributed by atoms with Crippen molar-refractivity contribution in [3.63, 3.8) is 0 Å². The second-order valence-electron chi connectivity index (χ2n) is 7.61. The summed E-state index contributed by atoms with van der Waals surface area (Å²) in [6, 6.07) is 9.43. The largest absolute Gasteiger partial charge is 0.493 e. The zero-order chi connectivity index (χ0) is 22.7. The van der Waals surface area contributed by atoms with E-state index in [0.717, 1.165) is 28.7 Å². The highest BCUT2D eigenvalue weighted by Gasteiger charge is 2.23. The summed E-state index contributed by atoms with van der Waals surface area (Å²) >= 11 is 1.55. The maximum absolute atomic E-state index is 13.6. The fourth-order valence-corrected chi connectivity index (χ4v) is 4.76. The van der Waals surface area contributed by atoms with Gasteiger partial charge in [0.1, 0.15) is 0 Å².